The van der Waals surface area contributed by atoms with Gasteiger partial charge in [0.15, 0.2) is 22.6 Å². The van der Waals surface area contributed by atoms with Crippen LogP contribution < -0.4 is 9.64 Å². The minimum absolute atomic E-state index is 0.0447. The second-order valence-electron chi connectivity index (χ2n) is 11.6. The summed E-state index contributed by atoms with van der Waals surface area (Å²) >= 11 is 6.64. The molecule has 216 valence electrons. The molecule has 2 aliphatic rings. The Balaban J connectivity index is 1.30. The number of carbonyl (C=O) groups is 1. The normalized spacial score (nSPS) is 23.7. The molecule has 9 heteroatoms. The van der Waals surface area contributed by atoms with Crippen molar-refractivity contribution in [2.75, 3.05) is 11.4 Å². The zero-order chi connectivity index (χ0) is 28.6. The first-order chi connectivity index (χ1) is 19.9. The number of carbonyl (C=O) groups excluding carboxylic acids is 1. The van der Waals surface area contributed by atoms with E-state index in [2.05, 4.69) is 31.0 Å². The number of H-pyrrole nitrogens is 1. The van der Waals surface area contributed by atoms with E-state index in [0.717, 1.165) is 56.2 Å². The van der Waals surface area contributed by atoms with Gasteiger partial charge in [-0.05, 0) is 61.8 Å². The lowest BCUT2D eigenvalue weighted by Gasteiger charge is -2.31. The summed E-state index contributed by atoms with van der Waals surface area (Å²) in [6, 6.07) is 17.3. The van der Waals surface area contributed by atoms with Gasteiger partial charge in [0.1, 0.15) is 11.4 Å². The lowest BCUT2D eigenvalue weighted by Crippen LogP contribution is -2.41. The van der Waals surface area contributed by atoms with Crippen molar-refractivity contribution in [3.8, 4) is 23.0 Å². The van der Waals surface area contributed by atoms with Crippen LogP contribution in [0.2, 0.25) is 5.02 Å². The van der Waals surface area contributed by atoms with E-state index in [-0.39, 0.29) is 17.4 Å². The summed E-state index contributed by atoms with van der Waals surface area (Å²) in [5, 5.41) is 8.05. The van der Waals surface area contributed by atoms with E-state index in [0.29, 0.717) is 40.6 Å². The van der Waals surface area contributed by atoms with Crippen LogP contribution in [0.3, 0.4) is 0 Å². The van der Waals surface area contributed by atoms with Crippen molar-refractivity contribution in [2.45, 2.75) is 77.4 Å². The van der Waals surface area contributed by atoms with Gasteiger partial charge in [-0.1, -0.05) is 82.0 Å². The first-order valence-corrected chi connectivity index (χ1v) is 15.2. The smallest absolute Gasteiger partial charge is 0.261 e. The number of unbranched alkanes of at least 4 members (excludes halogenated alkanes) is 3. The summed E-state index contributed by atoms with van der Waals surface area (Å²) in [7, 11) is 0. The average Bonchev–Trinajstić information content (AvgIpc) is 3.46. The zero-order valence-electron chi connectivity index (χ0n) is 24.0. The average molecular weight is 576 g/mol. The van der Waals surface area contributed by atoms with Gasteiger partial charge in [0.2, 0.25) is 0 Å². The Bertz CT molecular complexity index is 1520. The van der Waals surface area contributed by atoms with E-state index in [9.17, 15) is 4.79 Å². The maximum atomic E-state index is 14.2. The summed E-state index contributed by atoms with van der Waals surface area (Å²) < 4.78 is 13.7. The number of fused-ring (bicyclic) bond motifs is 1. The van der Waals surface area contributed by atoms with Gasteiger partial charge in [0.05, 0.1) is 5.69 Å². The van der Waals surface area contributed by atoms with E-state index in [1.165, 1.54) is 4.63 Å². The molecular formula is C32H38ClN5O3. The molecule has 0 bridgehead atoms. The molecule has 1 amide bonds. The van der Waals surface area contributed by atoms with Gasteiger partial charge >= 0.3 is 0 Å². The maximum Gasteiger partial charge on any atom is 0.261 e. The topological polar surface area (TPSA) is 88.1 Å². The molecule has 6 rings (SSSR count). The summed E-state index contributed by atoms with van der Waals surface area (Å²) in [6.07, 6.45) is 7.02. The molecule has 4 atom stereocenters. The number of epoxide rings is 1. The number of anilines is 1. The predicted octanol–water partition coefficient (Wildman–Crippen LogP) is 7.68. The second-order valence-corrected chi connectivity index (χ2v) is 12.0. The van der Waals surface area contributed by atoms with Crippen molar-refractivity contribution in [1.29, 1.82) is 0 Å². The molecule has 41 heavy (non-hydrogen) atoms. The minimum atomic E-state index is -0.398. The Morgan fingerprint density at radius 3 is 2.68 bits per heavy atom. The minimum Gasteiger partial charge on any atom is -0.436 e. The lowest BCUT2D eigenvalue weighted by molar-refractivity contribution is -0.119. The number of ether oxygens (including phenoxy) is 2. The fraction of sp³-hybridized carbons (Fsp3) is 0.469. The van der Waals surface area contributed by atoms with Crippen LogP contribution in [0.5, 0.6) is 11.6 Å². The molecule has 1 spiro atoms. The van der Waals surface area contributed by atoms with Crippen LogP contribution in [0, 0.1) is 11.8 Å². The largest absolute Gasteiger partial charge is 0.436 e. The monoisotopic (exact) mass is 575 g/mol. The molecule has 8 nitrogen and oxygen atoms in total. The Morgan fingerprint density at radius 2 is 1.93 bits per heavy atom. The highest BCUT2D eigenvalue weighted by molar-refractivity contribution is 6.34. The van der Waals surface area contributed by atoms with E-state index >= 15 is 0 Å². The van der Waals surface area contributed by atoms with Crippen LogP contribution >= 0.6 is 11.6 Å². The quantitative estimate of drug-likeness (QED) is 0.155. The summed E-state index contributed by atoms with van der Waals surface area (Å²) in [5.41, 5.74) is 1.75. The fourth-order valence-corrected chi connectivity index (χ4v) is 6.51. The third kappa shape index (κ3) is 5.35. The van der Waals surface area contributed by atoms with Gasteiger partial charge < -0.3 is 14.4 Å². The first kappa shape index (κ1) is 27.8. The molecule has 4 unspecified atom stereocenters. The molecule has 1 N–H and O–H groups in total. The molecule has 1 aliphatic heterocycles. The molecule has 0 radical (unpaired) electrons. The number of hydrogen-bond donors (Lipinski definition) is 1. The van der Waals surface area contributed by atoms with Gasteiger partial charge in [0, 0.05) is 12.1 Å². The molecule has 1 aliphatic carbocycles. The summed E-state index contributed by atoms with van der Waals surface area (Å²) in [4.78, 5) is 20.9. The van der Waals surface area contributed by atoms with Crippen LogP contribution in [0.1, 0.15) is 65.7 Å². The lowest BCUT2D eigenvalue weighted by atomic mass is 9.73. The van der Waals surface area contributed by atoms with E-state index in [4.69, 9.17) is 26.1 Å². The molecule has 2 aromatic carbocycles. The number of hydrogen-bond acceptors (Lipinski definition) is 5. The van der Waals surface area contributed by atoms with Gasteiger partial charge in [-0.15, -0.1) is 9.73 Å². The Kier molecular flexibility index (Phi) is 7.79. The Hall–Kier alpha value is -3.36. The molecule has 3 heterocycles. The molecule has 4 aromatic rings. The molecule has 2 fully saturated rings. The first-order valence-electron chi connectivity index (χ1n) is 14.9. The Labute approximate surface area is 246 Å². The van der Waals surface area contributed by atoms with Crippen molar-refractivity contribution < 1.29 is 14.3 Å². The summed E-state index contributed by atoms with van der Waals surface area (Å²) in [6.45, 7) is 7.35. The number of aromatic nitrogens is 4. The van der Waals surface area contributed by atoms with Crippen molar-refractivity contribution in [2.24, 2.45) is 11.8 Å². The number of aromatic amines is 1. The van der Waals surface area contributed by atoms with Crippen LogP contribution in [0.4, 0.5) is 5.69 Å². The number of benzene rings is 2. The highest BCUT2D eigenvalue weighted by atomic mass is 35.5. The van der Waals surface area contributed by atoms with Crippen LogP contribution in [0.15, 0.2) is 54.6 Å². The molecule has 1 saturated carbocycles. The van der Waals surface area contributed by atoms with Crippen molar-refractivity contribution in [3.63, 3.8) is 0 Å². The van der Waals surface area contributed by atoms with Gasteiger partial charge in [-0.3, -0.25) is 9.89 Å². The van der Waals surface area contributed by atoms with E-state index in [1.807, 2.05) is 59.5 Å². The van der Waals surface area contributed by atoms with Crippen LogP contribution in [-0.2, 0) is 9.53 Å². The highest BCUT2D eigenvalue weighted by Crippen LogP contribution is 2.54. The summed E-state index contributed by atoms with van der Waals surface area (Å²) in [5.74, 6) is 2.57. The molecule has 1 saturated heterocycles. The molecular weight excluding hydrogens is 538 g/mol. The Morgan fingerprint density at radius 1 is 1.15 bits per heavy atom. The highest BCUT2D eigenvalue weighted by Gasteiger charge is 2.65. The number of nitrogens with one attached hydrogen (secondary N) is 1. The third-order valence-corrected chi connectivity index (χ3v) is 9.01. The number of nitrogens with zero attached hydrogens (tertiary/aromatic N) is 4. The third-order valence-electron chi connectivity index (χ3n) is 8.68. The SMILES string of the molecule is CCCCCCN(C(=O)C1OC12CCC(C)CC2C)c1ccccc1-c1nc2c(Cl)c(Oc3ccccc3)nn2[nH]1. The number of amides is 1. The van der Waals surface area contributed by atoms with E-state index < -0.39 is 6.10 Å². The zero-order valence-corrected chi connectivity index (χ0v) is 24.7. The van der Waals surface area contributed by atoms with Gasteiger partial charge in [-0.2, -0.15) is 0 Å². The van der Waals surface area contributed by atoms with Crippen LogP contribution in [0.25, 0.3) is 17.0 Å². The van der Waals surface area contributed by atoms with Gasteiger partial charge in [-0.25, -0.2) is 4.98 Å². The maximum absolute atomic E-state index is 14.2. The number of halogens is 1. The predicted molar refractivity (Wildman–Crippen MR) is 161 cm³/mol. The number of para-hydroxylation sites is 2. The van der Waals surface area contributed by atoms with Crippen molar-refractivity contribution in [1.82, 2.24) is 19.8 Å². The van der Waals surface area contributed by atoms with E-state index in [1.54, 1.807) is 0 Å². The number of rotatable bonds is 10. The van der Waals surface area contributed by atoms with Gasteiger partial charge in [0.25, 0.3) is 11.8 Å². The standard InChI is InChI=1S/C32H38ClN5O3/c1-4-5-6-12-19-37(31(39)27-32(41-27)18-17-21(2)20-22(32)3)25-16-11-10-15-24(25)28-34-29-26(33)30(36-38(29)35-28)40-23-13-8-7-9-14-23/h7-11,13-16,21-22,27H,4-6,12,17-20H2,1-3H3,(H,34,35). The van der Waals surface area contributed by atoms with Crippen molar-refractivity contribution in [3.05, 3.63) is 59.6 Å². The van der Waals surface area contributed by atoms with Crippen LogP contribution in [-0.4, -0.2) is 44.0 Å². The molecule has 2 aromatic heterocycles. The second kappa shape index (κ2) is 11.5. The van der Waals surface area contributed by atoms with Crippen molar-refractivity contribution >= 4 is 28.8 Å². The fourth-order valence-electron chi connectivity index (χ4n) is 6.31.